The summed E-state index contributed by atoms with van der Waals surface area (Å²) < 4.78 is 5.59. The van der Waals surface area contributed by atoms with E-state index in [1.807, 2.05) is 4.90 Å². The van der Waals surface area contributed by atoms with Gasteiger partial charge >= 0.3 is 6.09 Å². The molecule has 1 amide bonds. The molecular formula is C15H26N2O2. The molecule has 3 aliphatic rings. The second-order valence-corrected chi connectivity index (χ2v) is 6.48. The molecule has 0 aromatic heterocycles. The van der Waals surface area contributed by atoms with Gasteiger partial charge in [0.25, 0.3) is 0 Å². The van der Waals surface area contributed by atoms with Crippen LogP contribution in [0, 0.1) is 5.92 Å². The van der Waals surface area contributed by atoms with E-state index in [1.54, 1.807) is 0 Å². The van der Waals surface area contributed by atoms with E-state index in [4.69, 9.17) is 4.74 Å². The molecule has 2 saturated heterocycles. The van der Waals surface area contributed by atoms with E-state index in [0.29, 0.717) is 12.0 Å². The van der Waals surface area contributed by atoms with Crippen molar-refractivity contribution in [3.05, 3.63) is 0 Å². The summed E-state index contributed by atoms with van der Waals surface area (Å²) in [5, 5.41) is 0. The third kappa shape index (κ3) is 2.88. The molecule has 4 heteroatoms. The number of piperidine rings is 1. The lowest BCUT2D eigenvalue weighted by Crippen LogP contribution is -2.45. The highest BCUT2D eigenvalue weighted by atomic mass is 16.6. The maximum absolute atomic E-state index is 12.3. The third-order valence-electron chi connectivity index (χ3n) is 5.16. The molecule has 0 radical (unpaired) electrons. The Balaban J connectivity index is 1.56. The molecule has 4 nitrogen and oxygen atoms in total. The predicted octanol–water partition coefficient (Wildman–Crippen LogP) is 2.48. The maximum atomic E-state index is 12.3. The zero-order chi connectivity index (χ0) is 13.2. The first-order chi connectivity index (χ1) is 9.24. The van der Waals surface area contributed by atoms with Crippen LogP contribution < -0.4 is 0 Å². The standard InChI is InChI=1S/C15H26N2O2/c1-16-10-7-12(8-11-16)14-6-3-9-17(14)15(18)19-13-4-2-5-13/h12-14H,2-11H2,1H3/t14-/m0/s1. The minimum Gasteiger partial charge on any atom is -0.446 e. The van der Waals surface area contributed by atoms with Crippen LogP contribution in [0.1, 0.15) is 44.9 Å². The summed E-state index contributed by atoms with van der Waals surface area (Å²) in [6, 6.07) is 0.446. The summed E-state index contributed by atoms with van der Waals surface area (Å²) in [7, 11) is 2.19. The zero-order valence-electron chi connectivity index (χ0n) is 12.0. The SMILES string of the molecule is CN1CCC([C@@H]2CCCN2C(=O)OC2CCC2)CC1. The molecule has 1 atom stereocenters. The fraction of sp³-hybridized carbons (Fsp3) is 0.933. The van der Waals surface area contributed by atoms with Crippen LogP contribution in [0.25, 0.3) is 0 Å². The van der Waals surface area contributed by atoms with Gasteiger partial charge in [-0.3, -0.25) is 0 Å². The van der Waals surface area contributed by atoms with E-state index in [2.05, 4.69) is 11.9 Å². The molecule has 19 heavy (non-hydrogen) atoms. The van der Waals surface area contributed by atoms with Gasteiger partial charge in [0, 0.05) is 12.6 Å². The Hall–Kier alpha value is -0.770. The third-order valence-corrected chi connectivity index (χ3v) is 5.16. The van der Waals surface area contributed by atoms with Gasteiger partial charge in [0.15, 0.2) is 0 Å². The van der Waals surface area contributed by atoms with E-state index in [9.17, 15) is 4.79 Å². The molecule has 2 heterocycles. The Bertz CT molecular complexity index is 322. The molecule has 0 aromatic rings. The van der Waals surface area contributed by atoms with Crippen LogP contribution in [0.4, 0.5) is 4.79 Å². The molecule has 0 spiro atoms. The smallest absolute Gasteiger partial charge is 0.410 e. The lowest BCUT2D eigenvalue weighted by Gasteiger charge is -2.37. The van der Waals surface area contributed by atoms with E-state index >= 15 is 0 Å². The largest absolute Gasteiger partial charge is 0.446 e. The minimum atomic E-state index is -0.0360. The van der Waals surface area contributed by atoms with Gasteiger partial charge in [0.2, 0.25) is 0 Å². The van der Waals surface area contributed by atoms with Gasteiger partial charge in [0.1, 0.15) is 6.10 Å². The molecule has 1 aliphatic carbocycles. The molecule has 0 N–H and O–H groups in total. The number of ether oxygens (including phenoxy) is 1. The first-order valence-corrected chi connectivity index (χ1v) is 7.90. The van der Waals surface area contributed by atoms with Crippen LogP contribution in [0.3, 0.4) is 0 Å². The van der Waals surface area contributed by atoms with Crippen LogP contribution >= 0.6 is 0 Å². The number of rotatable bonds is 2. The van der Waals surface area contributed by atoms with Crippen LogP contribution in [-0.4, -0.2) is 54.7 Å². The van der Waals surface area contributed by atoms with Crippen molar-refractivity contribution in [1.82, 2.24) is 9.80 Å². The molecule has 1 saturated carbocycles. The summed E-state index contributed by atoms with van der Waals surface area (Å²) >= 11 is 0. The number of hydrogen-bond donors (Lipinski definition) is 0. The van der Waals surface area contributed by atoms with Crippen molar-refractivity contribution in [3.63, 3.8) is 0 Å². The second-order valence-electron chi connectivity index (χ2n) is 6.48. The quantitative estimate of drug-likeness (QED) is 0.770. The monoisotopic (exact) mass is 266 g/mol. The van der Waals surface area contributed by atoms with Crippen molar-refractivity contribution < 1.29 is 9.53 Å². The lowest BCUT2D eigenvalue weighted by atomic mass is 9.88. The van der Waals surface area contributed by atoms with Crippen molar-refractivity contribution in [2.24, 2.45) is 5.92 Å². The Morgan fingerprint density at radius 1 is 1.00 bits per heavy atom. The molecule has 3 fully saturated rings. The van der Waals surface area contributed by atoms with E-state index in [-0.39, 0.29) is 12.2 Å². The molecule has 2 aliphatic heterocycles. The fourth-order valence-electron chi connectivity index (χ4n) is 3.62. The van der Waals surface area contributed by atoms with E-state index in [0.717, 1.165) is 25.8 Å². The summed E-state index contributed by atoms with van der Waals surface area (Å²) in [5.41, 5.74) is 0. The molecule has 0 bridgehead atoms. The first kappa shape index (κ1) is 13.2. The number of amides is 1. The van der Waals surface area contributed by atoms with Gasteiger partial charge in [-0.25, -0.2) is 4.79 Å². The van der Waals surface area contributed by atoms with Crippen molar-refractivity contribution >= 4 is 6.09 Å². The highest BCUT2D eigenvalue weighted by molar-refractivity contribution is 5.68. The molecular weight excluding hydrogens is 240 g/mol. The fourth-order valence-corrected chi connectivity index (χ4v) is 3.62. The average Bonchev–Trinajstić information content (AvgIpc) is 2.84. The zero-order valence-corrected chi connectivity index (χ0v) is 12.0. The molecule has 3 rings (SSSR count). The topological polar surface area (TPSA) is 32.8 Å². The van der Waals surface area contributed by atoms with Crippen LogP contribution in [0.15, 0.2) is 0 Å². The van der Waals surface area contributed by atoms with Gasteiger partial charge in [-0.1, -0.05) is 0 Å². The molecule has 108 valence electrons. The average molecular weight is 266 g/mol. The van der Waals surface area contributed by atoms with Gasteiger partial charge < -0.3 is 14.5 Å². The molecule has 0 aromatic carbocycles. The highest BCUT2D eigenvalue weighted by Gasteiger charge is 2.37. The summed E-state index contributed by atoms with van der Waals surface area (Å²) in [6.07, 6.45) is 8.32. The Labute approximate surface area is 116 Å². The van der Waals surface area contributed by atoms with Crippen molar-refractivity contribution in [3.8, 4) is 0 Å². The number of hydrogen-bond acceptors (Lipinski definition) is 3. The predicted molar refractivity (Wildman–Crippen MR) is 74.1 cm³/mol. The maximum Gasteiger partial charge on any atom is 0.410 e. The van der Waals surface area contributed by atoms with Crippen LogP contribution in [-0.2, 0) is 4.74 Å². The Morgan fingerprint density at radius 3 is 2.37 bits per heavy atom. The van der Waals surface area contributed by atoms with Crippen molar-refractivity contribution in [1.29, 1.82) is 0 Å². The van der Waals surface area contributed by atoms with Crippen LogP contribution in [0.2, 0.25) is 0 Å². The second kappa shape index (κ2) is 5.70. The van der Waals surface area contributed by atoms with Crippen molar-refractivity contribution in [2.45, 2.75) is 57.1 Å². The van der Waals surface area contributed by atoms with E-state index in [1.165, 1.54) is 38.8 Å². The number of likely N-dealkylation sites (tertiary alicyclic amines) is 2. The van der Waals surface area contributed by atoms with Gasteiger partial charge in [0.05, 0.1) is 0 Å². The van der Waals surface area contributed by atoms with Crippen molar-refractivity contribution in [2.75, 3.05) is 26.7 Å². The summed E-state index contributed by atoms with van der Waals surface area (Å²) in [6.45, 7) is 3.25. The Morgan fingerprint density at radius 2 is 1.74 bits per heavy atom. The first-order valence-electron chi connectivity index (χ1n) is 7.90. The van der Waals surface area contributed by atoms with Gasteiger partial charge in [-0.15, -0.1) is 0 Å². The van der Waals surface area contributed by atoms with E-state index < -0.39 is 0 Å². The molecule has 0 unspecified atom stereocenters. The summed E-state index contributed by atoms with van der Waals surface area (Å²) in [4.78, 5) is 16.7. The number of nitrogens with zero attached hydrogens (tertiary/aromatic N) is 2. The summed E-state index contributed by atoms with van der Waals surface area (Å²) in [5.74, 6) is 0.688. The van der Waals surface area contributed by atoms with Gasteiger partial charge in [-0.05, 0) is 71.0 Å². The Kier molecular flexibility index (Phi) is 3.96. The minimum absolute atomic E-state index is 0.0360. The highest BCUT2D eigenvalue weighted by Crippen LogP contribution is 2.32. The number of carbonyl (C=O) groups excluding carboxylic acids is 1. The lowest BCUT2D eigenvalue weighted by molar-refractivity contribution is 0.0164. The van der Waals surface area contributed by atoms with Crippen LogP contribution in [0.5, 0.6) is 0 Å². The normalized spacial score (nSPS) is 30.4. The van der Waals surface area contributed by atoms with Gasteiger partial charge in [-0.2, -0.15) is 0 Å². The number of carbonyl (C=O) groups is 1.